The molecule has 0 atom stereocenters. The van der Waals surface area contributed by atoms with Gasteiger partial charge in [0.25, 0.3) is 0 Å². The lowest BCUT2D eigenvalue weighted by atomic mass is 10.2. The SMILES string of the molecule is CCNCc1cccc(Cl)c1OCc1cncc(Br)c1. The lowest BCUT2D eigenvalue weighted by Gasteiger charge is -2.13. The van der Waals surface area contributed by atoms with Crippen LogP contribution < -0.4 is 10.1 Å². The third-order valence-electron chi connectivity index (χ3n) is 2.76. The second-order valence-corrected chi connectivity index (χ2v) is 5.63. The zero-order valence-electron chi connectivity index (χ0n) is 11.2. The van der Waals surface area contributed by atoms with Crippen LogP contribution in [0.15, 0.2) is 41.1 Å². The van der Waals surface area contributed by atoms with Crippen LogP contribution in [0, 0.1) is 0 Å². The number of nitrogens with zero attached hydrogens (tertiary/aromatic N) is 1. The quantitative estimate of drug-likeness (QED) is 0.844. The van der Waals surface area contributed by atoms with E-state index in [1.165, 1.54) is 0 Å². The number of hydrogen-bond donors (Lipinski definition) is 1. The molecule has 0 bridgehead atoms. The molecule has 20 heavy (non-hydrogen) atoms. The van der Waals surface area contributed by atoms with Crippen LogP contribution in [-0.2, 0) is 13.2 Å². The van der Waals surface area contributed by atoms with Crippen molar-refractivity contribution in [3.63, 3.8) is 0 Å². The van der Waals surface area contributed by atoms with Gasteiger partial charge in [0.2, 0.25) is 0 Å². The first kappa shape index (κ1) is 15.3. The van der Waals surface area contributed by atoms with Crippen LogP contribution in [0.25, 0.3) is 0 Å². The largest absolute Gasteiger partial charge is 0.487 e. The monoisotopic (exact) mass is 354 g/mol. The summed E-state index contributed by atoms with van der Waals surface area (Å²) in [6.45, 7) is 4.15. The van der Waals surface area contributed by atoms with Gasteiger partial charge in [-0.3, -0.25) is 4.98 Å². The van der Waals surface area contributed by atoms with Gasteiger partial charge in [0.1, 0.15) is 12.4 Å². The average molecular weight is 356 g/mol. The fourth-order valence-corrected chi connectivity index (χ4v) is 2.47. The van der Waals surface area contributed by atoms with Crippen LogP contribution in [-0.4, -0.2) is 11.5 Å². The van der Waals surface area contributed by atoms with E-state index in [-0.39, 0.29) is 0 Å². The molecular formula is C15H16BrClN2O. The highest BCUT2D eigenvalue weighted by atomic mass is 79.9. The molecule has 0 fully saturated rings. The molecule has 1 aromatic heterocycles. The molecule has 0 spiro atoms. The molecule has 3 nitrogen and oxygen atoms in total. The van der Waals surface area contributed by atoms with E-state index in [1.54, 1.807) is 12.4 Å². The Kier molecular flexibility index (Phi) is 5.83. The molecule has 0 saturated heterocycles. The number of nitrogens with one attached hydrogen (secondary N) is 1. The predicted molar refractivity (Wildman–Crippen MR) is 85.1 cm³/mol. The van der Waals surface area contributed by atoms with Gasteiger partial charge in [0, 0.05) is 34.5 Å². The van der Waals surface area contributed by atoms with Crippen LogP contribution >= 0.6 is 27.5 Å². The zero-order valence-corrected chi connectivity index (χ0v) is 13.5. The summed E-state index contributed by atoms with van der Waals surface area (Å²) in [5.41, 5.74) is 2.05. The number of halogens is 2. The highest BCUT2D eigenvalue weighted by Gasteiger charge is 2.08. The maximum absolute atomic E-state index is 6.23. The zero-order chi connectivity index (χ0) is 14.4. The van der Waals surface area contributed by atoms with Crippen molar-refractivity contribution in [2.24, 2.45) is 0 Å². The first-order valence-corrected chi connectivity index (χ1v) is 7.58. The molecule has 106 valence electrons. The minimum atomic E-state index is 0.440. The first-order chi connectivity index (χ1) is 9.70. The van der Waals surface area contributed by atoms with E-state index in [2.05, 4.69) is 33.2 Å². The Balaban J connectivity index is 2.11. The van der Waals surface area contributed by atoms with Crippen molar-refractivity contribution in [2.45, 2.75) is 20.1 Å². The number of ether oxygens (including phenoxy) is 1. The van der Waals surface area contributed by atoms with Gasteiger partial charge in [0.15, 0.2) is 0 Å². The molecule has 1 N–H and O–H groups in total. The number of rotatable bonds is 6. The van der Waals surface area contributed by atoms with E-state index in [0.717, 1.165) is 34.4 Å². The molecule has 0 saturated carbocycles. The predicted octanol–water partition coefficient (Wildman–Crippen LogP) is 4.19. The normalized spacial score (nSPS) is 10.6. The molecule has 1 aromatic carbocycles. The Morgan fingerprint density at radius 2 is 2.20 bits per heavy atom. The molecule has 0 radical (unpaired) electrons. The topological polar surface area (TPSA) is 34.1 Å². The summed E-state index contributed by atoms with van der Waals surface area (Å²) in [5, 5.41) is 3.91. The van der Waals surface area contributed by atoms with Crippen molar-refractivity contribution in [3.05, 3.63) is 57.3 Å². The first-order valence-electron chi connectivity index (χ1n) is 6.41. The molecule has 0 unspecified atom stereocenters. The molecule has 0 aliphatic heterocycles. The van der Waals surface area contributed by atoms with E-state index in [1.807, 2.05) is 24.3 Å². The Morgan fingerprint density at radius 3 is 2.95 bits per heavy atom. The van der Waals surface area contributed by atoms with Crippen LogP contribution in [0.3, 0.4) is 0 Å². The number of aromatic nitrogens is 1. The molecule has 5 heteroatoms. The van der Waals surface area contributed by atoms with Crippen molar-refractivity contribution < 1.29 is 4.74 Å². The summed E-state index contributed by atoms with van der Waals surface area (Å²) in [6.07, 6.45) is 3.53. The van der Waals surface area contributed by atoms with Crippen molar-refractivity contribution in [1.82, 2.24) is 10.3 Å². The van der Waals surface area contributed by atoms with Crippen LogP contribution in [0.4, 0.5) is 0 Å². The van der Waals surface area contributed by atoms with Crippen molar-refractivity contribution in [1.29, 1.82) is 0 Å². The summed E-state index contributed by atoms with van der Waals surface area (Å²) < 4.78 is 6.81. The molecule has 1 heterocycles. The summed E-state index contributed by atoms with van der Waals surface area (Å²) in [4.78, 5) is 4.12. The number of pyridine rings is 1. The second kappa shape index (κ2) is 7.62. The van der Waals surface area contributed by atoms with Crippen LogP contribution in [0.1, 0.15) is 18.1 Å². The molecular weight excluding hydrogens is 340 g/mol. The van der Waals surface area contributed by atoms with Gasteiger partial charge in [-0.25, -0.2) is 0 Å². The van der Waals surface area contributed by atoms with E-state index in [4.69, 9.17) is 16.3 Å². The molecule has 0 amide bonds. The van der Waals surface area contributed by atoms with Crippen LogP contribution in [0.2, 0.25) is 5.02 Å². The van der Waals surface area contributed by atoms with Crippen molar-refractivity contribution in [3.8, 4) is 5.75 Å². The lowest BCUT2D eigenvalue weighted by Crippen LogP contribution is -2.13. The van der Waals surface area contributed by atoms with Crippen molar-refractivity contribution in [2.75, 3.05) is 6.54 Å². The van der Waals surface area contributed by atoms with E-state index in [9.17, 15) is 0 Å². The highest BCUT2D eigenvalue weighted by Crippen LogP contribution is 2.29. The highest BCUT2D eigenvalue weighted by molar-refractivity contribution is 9.10. The molecule has 0 aliphatic rings. The fourth-order valence-electron chi connectivity index (χ4n) is 1.80. The van der Waals surface area contributed by atoms with Crippen LogP contribution in [0.5, 0.6) is 5.75 Å². The Bertz CT molecular complexity index is 578. The van der Waals surface area contributed by atoms with Gasteiger partial charge in [-0.15, -0.1) is 0 Å². The molecule has 2 aromatic rings. The second-order valence-electron chi connectivity index (χ2n) is 4.31. The summed E-state index contributed by atoms with van der Waals surface area (Å²) in [7, 11) is 0. The maximum atomic E-state index is 6.23. The van der Waals surface area contributed by atoms with Crippen molar-refractivity contribution >= 4 is 27.5 Å². The average Bonchev–Trinajstić information content (AvgIpc) is 2.44. The summed E-state index contributed by atoms with van der Waals surface area (Å²) in [5.74, 6) is 0.732. The van der Waals surface area contributed by atoms with Gasteiger partial charge in [-0.2, -0.15) is 0 Å². The molecule has 0 aliphatic carbocycles. The number of benzene rings is 1. The van der Waals surface area contributed by atoms with E-state index < -0.39 is 0 Å². The summed E-state index contributed by atoms with van der Waals surface area (Å²) >= 11 is 9.63. The minimum Gasteiger partial charge on any atom is -0.487 e. The lowest BCUT2D eigenvalue weighted by molar-refractivity contribution is 0.302. The third kappa shape index (κ3) is 4.20. The van der Waals surface area contributed by atoms with Gasteiger partial charge in [-0.05, 0) is 34.6 Å². The number of para-hydroxylation sites is 1. The maximum Gasteiger partial charge on any atom is 0.142 e. The Morgan fingerprint density at radius 1 is 1.35 bits per heavy atom. The standard InChI is InChI=1S/C15H16BrClN2O/c1-2-18-8-12-4-3-5-14(17)15(12)20-10-11-6-13(16)9-19-7-11/h3-7,9,18H,2,8,10H2,1H3. The van der Waals surface area contributed by atoms with Gasteiger partial charge in [-0.1, -0.05) is 30.7 Å². The Labute approximate surface area is 132 Å². The number of hydrogen-bond acceptors (Lipinski definition) is 3. The smallest absolute Gasteiger partial charge is 0.142 e. The van der Waals surface area contributed by atoms with Gasteiger partial charge in [0.05, 0.1) is 5.02 Å². The van der Waals surface area contributed by atoms with Gasteiger partial charge >= 0.3 is 0 Å². The van der Waals surface area contributed by atoms with Gasteiger partial charge < -0.3 is 10.1 Å². The summed E-state index contributed by atoms with van der Waals surface area (Å²) in [6, 6.07) is 7.77. The third-order valence-corrected chi connectivity index (χ3v) is 3.49. The fraction of sp³-hybridized carbons (Fsp3) is 0.267. The minimum absolute atomic E-state index is 0.440. The molecule has 2 rings (SSSR count). The van der Waals surface area contributed by atoms with E-state index in [0.29, 0.717) is 11.6 Å². The Hall–Kier alpha value is -1.10. The van der Waals surface area contributed by atoms with E-state index >= 15 is 0 Å².